The number of hydrogen-bond donors (Lipinski definition) is 1. The van der Waals surface area contributed by atoms with Crippen molar-refractivity contribution in [1.29, 1.82) is 0 Å². The molecule has 3 heteroatoms. The highest BCUT2D eigenvalue weighted by Crippen LogP contribution is 2.36. The molecule has 1 N–H and O–H groups in total. The van der Waals surface area contributed by atoms with Crippen molar-refractivity contribution in [1.82, 2.24) is 4.90 Å². The Morgan fingerprint density at radius 3 is 2.76 bits per heavy atom. The van der Waals surface area contributed by atoms with Crippen LogP contribution >= 0.6 is 0 Å². The van der Waals surface area contributed by atoms with Crippen LogP contribution in [0.2, 0.25) is 0 Å². The Kier molecular flexibility index (Phi) is 4.29. The summed E-state index contributed by atoms with van der Waals surface area (Å²) in [6.07, 6.45) is 5.20. The fourth-order valence-corrected chi connectivity index (χ4v) is 4.09. The van der Waals surface area contributed by atoms with Gasteiger partial charge in [0.15, 0.2) is 0 Å². The largest absolute Gasteiger partial charge is 0.481 e. The number of benzene rings is 1. The summed E-state index contributed by atoms with van der Waals surface area (Å²) in [6, 6.07) is 8.80. The van der Waals surface area contributed by atoms with Crippen LogP contribution in [0, 0.1) is 11.8 Å². The fraction of sp³-hybridized carbons (Fsp3) is 0.611. The Balaban J connectivity index is 1.78. The second-order valence-electron chi connectivity index (χ2n) is 6.59. The Morgan fingerprint density at radius 1 is 1.29 bits per heavy atom. The zero-order chi connectivity index (χ0) is 14.8. The molecule has 1 aliphatic carbocycles. The van der Waals surface area contributed by atoms with E-state index >= 15 is 0 Å². The van der Waals surface area contributed by atoms with Crippen LogP contribution in [0.5, 0.6) is 0 Å². The number of nitrogens with zero attached hydrogens (tertiary/aromatic N) is 1. The molecule has 1 saturated carbocycles. The number of carbonyl (C=O) groups is 1. The van der Waals surface area contributed by atoms with Crippen molar-refractivity contribution < 1.29 is 9.90 Å². The first-order valence-electron chi connectivity index (χ1n) is 8.22. The van der Waals surface area contributed by atoms with Gasteiger partial charge in [-0.3, -0.25) is 9.69 Å². The third-order valence-corrected chi connectivity index (χ3v) is 5.45. The van der Waals surface area contributed by atoms with E-state index < -0.39 is 5.97 Å². The molecule has 114 valence electrons. The molecule has 1 aromatic rings. The van der Waals surface area contributed by atoms with Crippen molar-refractivity contribution in [2.24, 2.45) is 11.8 Å². The number of carboxylic acids is 1. The van der Waals surface area contributed by atoms with Crippen LogP contribution in [0.4, 0.5) is 0 Å². The molecule has 0 radical (unpaired) electrons. The lowest BCUT2D eigenvalue weighted by Crippen LogP contribution is -2.48. The lowest BCUT2D eigenvalue weighted by atomic mass is 9.76. The zero-order valence-corrected chi connectivity index (χ0v) is 12.8. The van der Waals surface area contributed by atoms with E-state index in [2.05, 4.69) is 36.1 Å². The van der Waals surface area contributed by atoms with Crippen molar-refractivity contribution in [3.8, 4) is 0 Å². The molecule has 1 heterocycles. The van der Waals surface area contributed by atoms with Crippen LogP contribution < -0.4 is 0 Å². The summed E-state index contributed by atoms with van der Waals surface area (Å²) >= 11 is 0. The minimum absolute atomic E-state index is 0.182. The third kappa shape index (κ3) is 2.98. The molecular formula is C18H25NO2. The van der Waals surface area contributed by atoms with E-state index in [-0.39, 0.29) is 12.0 Å². The molecule has 3 atom stereocenters. The number of aliphatic carboxylic acids is 1. The van der Waals surface area contributed by atoms with Gasteiger partial charge in [-0.25, -0.2) is 0 Å². The number of hydrogen-bond acceptors (Lipinski definition) is 2. The number of fused-ring (bicyclic) bond motifs is 1. The lowest BCUT2D eigenvalue weighted by Gasteiger charge is -2.43. The van der Waals surface area contributed by atoms with Gasteiger partial charge in [0.2, 0.25) is 0 Å². The van der Waals surface area contributed by atoms with Gasteiger partial charge in [-0.15, -0.1) is 0 Å². The van der Waals surface area contributed by atoms with E-state index in [0.29, 0.717) is 5.92 Å². The standard InChI is InChI=1S/C18H25NO2/c1-2-13-7-8-16(18(20)21)17(11-13)19-10-9-14-5-3-4-6-15(14)12-19/h3-6,13,16-17H,2,7-12H2,1H3,(H,20,21). The number of rotatable bonds is 3. The average molecular weight is 287 g/mol. The molecule has 21 heavy (non-hydrogen) atoms. The fourth-order valence-electron chi connectivity index (χ4n) is 4.09. The molecule has 0 amide bonds. The van der Waals surface area contributed by atoms with E-state index in [4.69, 9.17) is 0 Å². The summed E-state index contributed by atoms with van der Waals surface area (Å²) in [5, 5.41) is 9.57. The van der Waals surface area contributed by atoms with Gasteiger partial charge in [-0.1, -0.05) is 37.6 Å². The predicted molar refractivity (Wildman–Crippen MR) is 83.1 cm³/mol. The second kappa shape index (κ2) is 6.18. The van der Waals surface area contributed by atoms with Crippen molar-refractivity contribution >= 4 is 5.97 Å². The van der Waals surface area contributed by atoms with Crippen molar-refractivity contribution in [3.05, 3.63) is 35.4 Å². The predicted octanol–water partition coefficient (Wildman–Crippen LogP) is 3.32. The van der Waals surface area contributed by atoms with Gasteiger partial charge in [-0.2, -0.15) is 0 Å². The molecule has 1 aliphatic heterocycles. The summed E-state index contributed by atoms with van der Waals surface area (Å²) in [4.78, 5) is 14.1. The van der Waals surface area contributed by atoms with Crippen LogP contribution in [0.25, 0.3) is 0 Å². The maximum atomic E-state index is 11.6. The third-order valence-electron chi connectivity index (χ3n) is 5.45. The summed E-state index contributed by atoms with van der Waals surface area (Å²) in [5.74, 6) is -0.0887. The van der Waals surface area contributed by atoms with Gasteiger partial charge in [0.05, 0.1) is 5.92 Å². The van der Waals surface area contributed by atoms with E-state index in [1.807, 2.05) is 0 Å². The summed E-state index contributed by atoms with van der Waals surface area (Å²) in [6.45, 7) is 4.15. The van der Waals surface area contributed by atoms with Gasteiger partial charge < -0.3 is 5.11 Å². The topological polar surface area (TPSA) is 40.5 Å². The van der Waals surface area contributed by atoms with Crippen LogP contribution in [-0.2, 0) is 17.8 Å². The molecule has 1 fully saturated rings. The van der Waals surface area contributed by atoms with Crippen LogP contribution in [0.3, 0.4) is 0 Å². The van der Waals surface area contributed by atoms with Crippen LogP contribution in [-0.4, -0.2) is 28.6 Å². The Bertz CT molecular complexity index is 514. The number of carboxylic acid groups (broad SMARTS) is 1. The average Bonchev–Trinajstić information content (AvgIpc) is 2.53. The smallest absolute Gasteiger partial charge is 0.308 e. The Hall–Kier alpha value is -1.35. The molecule has 1 aromatic carbocycles. The molecule has 0 bridgehead atoms. The van der Waals surface area contributed by atoms with E-state index in [9.17, 15) is 9.90 Å². The molecule has 3 rings (SSSR count). The highest BCUT2D eigenvalue weighted by molar-refractivity contribution is 5.71. The van der Waals surface area contributed by atoms with E-state index in [0.717, 1.165) is 38.8 Å². The van der Waals surface area contributed by atoms with Gasteiger partial charge >= 0.3 is 5.97 Å². The SMILES string of the molecule is CCC1CCC(C(=O)O)C(N2CCc3ccccc3C2)C1. The summed E-state index contributed by atoms with van der Waals surface area (Å²) in [5.41, 5.74) is 2.81. The summed E-state index contributed by atoms with van der Waals surface area (Å²) < 4.78 is 0. The zero-order valence-electron chi connectivity index (χ0n) is 12.8. The first-order chi connectivity index (χ1) is 10.2. The molecule has 3 nitrogen and oxygen atoms in total. The first-order valence-corrected chi connectivity index (χ1v) is 8.22. The molecule has 0 saturated heterocycles. The van der Waals surface area contributed by atoms with Crippen molar-refractivity contribution in [2.45, 2.75) is 51.6 Å². The Morgan fingerprint density at radius 2 is 2.05 bits per heavy atom. The quantitative estimate of drug-likeness (QED) is 0.927. The van der Waals surface area contributed by atoms with Crippen molar-refractivity contribution in [2.75, 3.05) is 6.54 Å². The van der Waals surface area contributed by atoms with E-state index in [1.54, 1.807) is 0 Å². The molecule has 3 unspecified atom stereocenters. The maximum absolute atomic E-state index is 11.6. The van der Waals surface area contributed by atoms with Gasteiger partial charge in [0, 0.05) is 19.1 Å². The lowest BCUT2D eigenvalue weighted by molar-refractivity contribution is -0.146. The first kappa shape index (κ1) is 14.6. The highest BCUT2D eigenvalue weighted by Gasteiger charge is 2.38. The highest BCUT2D eigenvalue weighted by atomic mass is 16.4. The van der Waals surface area contributed by atoms with Gasteiger partial charge in [0.1, 0.15) is 0 Å². The van der Waals surface area contributed by atoms with E-state index in [1.165, 1.54) is 17.5 Å². The monoisotopic (exact) mass is 287 g/mol. The molecular weight excluding hydrogens is 262 g/mol. The normalized spacial score (nSPS) is 29.9. The second-order valence-corrected chi connectivity index (χ2v) is 6.59. The van der Waals surface area contributed by atoms with Gasteiger partial charge in [-0.05, 0) is 42.7 Å². The summed E-state index contributed by atoms with van der Waals surface area (Å²) in [7, 11) is 0. The molecule has 0 spiro atoms. The minimum Gasteiger partial charge on any atom is -0.481 e. The van der Waals surface area contributed by atoms with Crippen molar-refractivity contribution in [3.63, 3.8) is 0 Å². The Labute approximate surface area is 127 Å². The molecule has 0 aromatic heterocycles. The van der Waals surface area contributed by atoms with Crippen LogP contribution in [0.15, 0.2) is 24.3 Å². The maximum Gasteiger partial charge on any atom is 0.308 e. The van der Waals surface area contributed by atoms with Crippen LogP contribution in [0.1, 0.15) is 43.7 Å². The minimum atomic E-state index is -0.603. The molecule has 2 aliphatic rings. The van der Waals surface area contributed by atoms with Gasteiger partial charge in [0.25, 0.3) is 0 Å².